The van der Waals surface area contributed by atoms with Gasteiger partial charge in [0.05, 0.1) is 26.8 Å². The second-order valence-corrected chi connectivity index (χ2v) is 8.28. The van der Waals surface area contributed by atoms with Gasteiger partial charge in [0.1, 0.15) is 10.8 Å². The molecule has 4 aromatic rings. The third-order valence-corrected chi connectivity index (χ3v) is 6.18. The second kappa shape index (κ2) is 7.91. The summed E-state index contributed by atoms with van der Waals surface area (Å²) in [6.45, 7) is 0. The third kappa shape index (κ3) is 3.76. The SMILES string of the molecule is COc1ccc(C(=O)Nc2ccc(Cl)c(-c3nc4ccccc4s3)c2)cc1Br. The van der Waals surface area contributed by atoms with Crippen molar-refractivity contribution in [1.29, 1.82) is 0 Å². The van der Waals surface area contributed by atoms with Crippen LogP contribution in [0.4, 0.5) is 5.69 Å². The number of halogens is 2. The zero-order valence-electron chi connectivity index (χ0n) is 14.7. The van der Waals surface area contributed by atoms with E-state index in [-0.39, 0.29) is 5.91 Å². The minimum Gasteiger partial charge on any atom is -0.496 e. The van der Waals surface area contributed by atoms with E-state index in [9.17, 15) is 4.79 Å². The maximum Gasteiger partial charge on any atom is 0.255 e. The molecule has 0 aliphatic rings. The Labute approximate surface area is 179 Å². The van der Waals surface area contributed by atoms with Crippen LogP contribution >= 0.6 is 38.9 Å². The van der Waals surface area contributed by atoms with Gasteiger partial charge < -0.3 is 10.1 Å². The van der Waals surface area contributed by atoms with Crippen molar-refractivity contribution in [3.05, 3.63) is 75.7 Å². The first-order valence-corrected chi connectivity index (χ1v) is 10.3. The van der Waals surface area contributed by atoms with Gasteiger partial charge in [0.2, 0.25) is 0 Å². The fourth-order valence-corrected chi connectivity index (χ4v) is 4.56. The summed E-state index contributed by atoms with van der Waals surface area (Å²) in [5.74, 6) is 0.446. The number of aromatic nitrogens is 1. The first-order valence-electron chi connectivity index (χ1n) is 8.35. The molecule has 1 heterocycles. The molecule has 28 heavy (non-hydrogen) atoms. The van der Waals surface area contributed by atoms with Crippen LogP contribution in [0.25, 0.3) is 20.8 Å². The molecule has 0 spiro atoms. The Morgan fingerprint density at radius 1 is 1.14 bits per heavy atom. The van der Waals surface area contributed by atoms with Crippen LogP contribution in [0, 0.1) is 0 Å². The standard InChI is InChI=1S/C21H14BrClN2O2S/c1-27-18-9-6-12(10-15(18)22)20(26)24-13-7-8-16(23)14(11-13)21-25-17-4-2-3-5-19(17)28-21/h2-11H,1H3,(H,24,26). The smallest absolute Gasteiger partial charge is 0.255 e. The maximum absolute atomic E-state index is 12.6. The topological polar surface area (TPSA) is 51.2 Å². The summed E-state index contributed by atoms with van der Waals surface area (Å²) in [4.78, 5) is 17.3. The van der Waals surface area contributed by atoms with E-state index in [1.165, 1.54) is 0 Å². The first-order chi connectivity index (χ1) is 13.5. The van der Waals surface area contributed by atoms with Gasteiger partial charge in [0.25, 0.3) is 5.91 Å². The number of thiazole rings is 1. The van der Waals surface area contributed by atoms with Crippen LogP contribution < -0.4 is 10.1 Å². The molecule has 1 N–H and O–H groups in total. The first kappa shape index (κ1) is 18.9. The quantitative estimate of drug-likeness (QED) is 0.361. The van der Waals surface area contributed by atoms with Crippen LogP contribution in [0.5, 0.6) is 5.75 Å². The fraction of sp³-hybridized carbons (Fsp3) is 0.0476. The van der Waals surface area contributed by atoms with Gasteiger partial charge in [-0.25, -0.2) is 4.98 Å². The van der Waals surface area contributed by atoms with E-state index in [4.69, 9.17) is 16.3 Å². The number of benzene rings is 3. The molecule has 0 saturated heterocycles. The number of fused-ring (bicyclic) bond motifs is 1. The Bertz CT molecular complexity index is 1160. The summed E-state index contributed by atoms with van der Waals surface area (Å²) in [6, 6.07) is 18.5. The number of amides is 1. The number of nitrogens with zero attached hydrogens (tertiary/aromatic N) is 1. The van der Waals surface area contributed by atoms with Crippen molar-refractivity contribution in [2.45, 2.75) is 0 Å². The van der Waals surface area contributed by atoms with Crippen molar-refractivity contribution in [1.82, 2.24) is 4.98 Å². The molecule has 140 valence electrons. The van der Waals surface area contributed by atoms with Crippen molar-refractivity contribution in [2.24, 2.45) is 0 Å². The summed E-state index contributed by atoms with van der Waals surface area (Å²) in [7, 11) is 1.58. The zero-order valence-corrected chi connectivity index (χ0v) is 17.9. The van der Waals surface area contributed by atoms with Gasteiger partial charge in [0, 0.05) is 16.8 Å². The van der Waals surface area contributed by atoms with Gasteiger partial charge in [0.15, 0.2) is 0 Å². The summed E-state index contributed by atoms with van der Waals surface area (Å²) < 4.78 is 7.01. The van der Waals surface area contributed by atoms with Gasteiger partial charge in [-0.05, 0) is 64.5 Å². The van der Waals surface area contributed by atoms with E-state index in [2.05, 4.69) is 26.2 Å². The van der Waals surface area contributed by atoms with Crippen LogP contribution in [-0.2, 0) is 0 Å². The molecule has 0 fully saturated rings. The van der Waals surface area contributed by atoms with Crippen LogP contribution in [0.1, 0.15) is 10.4 Å². The number of hydrogen-bond acceptors (Lipinski definition) is 4. The minimum absolute atomic E-state index is 0.221. The second-order valence-electron chi connectivity index (χ2n) is 5.98. The van der Waals surface area contributed by atoms with Crippen LogP contribution in [0.15, 0.2) is 65.1 Å². The molecule has 4 nitrogen and oxygen atoms in total. The van der Waals surface area contributed by atoms with Crippen LogP contribution in [-0.4, -0.2) is 18.0 Å². The average molecular weight is 474 g/mol. The van der Waals surface area contributed by atoms with E-state index < -0.39 is 0 Å². The monoisotopic (exact) mass is 472 g/mol. The highest BCUT2D eigenvalue weighted by molar-refractivity contribution is 9.10. The van der Waals surface area contributed by atoms with Crippen molar-refractivity contribution >= 4 is 60.7 Å². The Kier molecular flexibility index (Phi) is 5.35. The van der Waals surface area contributed by atoms with E-state index in [0.29, 0.717) is 26.5 Å². The lowest BCUT2D eigenvalue weighted by Crippen LogP contribution is -2.12. The number of para-hydroxylation sites is 1. The fourth-order valence-electron chi connectivity index (χ4n) is 2.77. The van der Waals surface area contributed by atoms with Gasteiger partial charge in [-0.3, -0.25) is 4.79 Å². The number of carbonyl (C=O) groups excluding carboxylic acids is 1. The molecule has 3 aromatic carbocycles. The van der Waals surface area contributed by atoms with E-state index >= 15 is 0 Å². The zero-order chi connectivity index (χ0) is 19.7. The maximum atomic E-state index is 12.6. The predicted molar refractivity (Wildman–Crippen MR) is 119 cm³/mol. The third-order valence-electron chi connectivity index (χ3n) is 4.16. The Balaban J connectivity index is 1.63. The molecule has 0 aliphatic carbocycles. The van der Waals surface area contributed by atoms with Gasteiger partial charge >= 0.3 is 0 Å². The lowest BCUT2D eigenvalue weighted by atomic mass is 10.1. The Morgan fingerprint density at radius 3 is 2.71 bits per heavy atom. The predicted octanol–water partition coefficient (Wildman–Crippen LogP) is 6.64. The van der Waals surface area contributed by atoms with E-state index in [1.54, 1.807) is 48.8 Å². The molecular formula is C21H14BrClN2O2S. The van der Waals surface area contributed by atoms with Gasteiger partial charge in [-0.1, -0.05) is 23.7 Å². The van der Waals surface area contributed by atoms with Gasteiger partial charge in [-0.2, -0.15) is 0 Å². The van der Waals surface area contributed by atoms with Crippen molar-refractivity contribution < 1.29 is 9.53 Å². The molecule has 0 unspecified atom stereocenters. The number of methoxy groups -OCH3 is 1. The number of rotatable bonds is 4. The molecule has 0 bridgehead atoms. The molecular weight excluding hydrogens is 460 g/mol. The van der Waals surface area contributed by atoms with Crippen molar-refractivity contribution in [3.8, 4) is 16.3 Å². The highest BCUT2D eigenvalue weighted by Crippen LogP contribution is 2.36. The molecule has 1 aromatic heterocycles. The van der Waals surface area contributed by atoms with Crippen LogP contribution in [0.3, 0.4) is 0 Å². The lowest BCUT2D eigenvalue weighted by Gasteiger charge is -2.09. The Morgan fingerprint density at radius 2 is 1.96 bits per heavy atom. The molecule has 7 heteroatoms. The molecule has 0 radical (unpaired) electrons. The van der Waals surface area contributed by atoms with Gasteiger partial charge in [-0.15, -0.1) is 11.3 Å². The molecule has 0 aliphatic heterocycles. The van der Waals surface area contributed by atoms with E-state index in [0.717, 1.165) is 20.8 Å². The number of carbonyl (C=O) groups is 1. The van der Waals surface area contributed by atoms with E-state index in [1.807, 2.05) is 30.3 Å². The summed E-state index contributed by atoms with van der Waals surface area (Å²) in [6.07, 6.45) is 0. The highest BCUT2D eigenvalue weighted by atomic mass is 79.9. The Hall–Kier alpha value is -2.41. The largest absolute Gasteiger partial charge is 0.496 e. The highest BCUT2D eigenvalue weighted by Gasteiger charge is 2.13. The number of hydrogen-bond donors (Lipinski definition) is 1. The summed E-state index contributed by atoms with van der Waals surface area (Å²) in [5, 5.41) is 4.31. The molecule has 0 saturated carbocycles. The number of nitrogens with one attached hydrogen (secondary N) is 1. The van der Waals surface area contributed by atoms with Crippen LogP contribution in [0.2, 0.25) is 5.02 Å². The number of ether oxygens (including phenoxy) is 1. The number of anilines is 1. The molecule has 0 atom stereocenters. The van der Waals surface area contributed by atoms with Crippen molar-refractivity contribution in [2.75, 3.05) is 12.4 Å². The summed E-state index contributed by atoms with van der Waals surface area (Å²) >= 11 is 11.4. The average Bonchev–Trinajstić information content (AvgIpc) is 3.13. The molecule has 1 amide bonds. The normalized spacial score (nSPS) is 10.8. The lowest BCUT2D eigenvalue weighted by molar-refractivity contribution is 0.102. The minimum atomic E-state index is -0.221. The summed E-state index contributed by atoms with van der Waals surface area (Å²) in [5.41, 5.74) is 2.88. The van der Waals surface area contributed by atoms with Crippen molar-refractivity contribution in [3.63, 3.8) is 0 Å². The molecule has 4 rings (SSSR count).